The highest BCUT2D eigenvalue weighted by Crippen LogP contribution is 2.26. The van der Waals surface area contributed by atoms with Crippen LogP contribution in [0.4, 0.5) is 0 Å². The molecule has 17 heavy (non-hydrogen) atoms. The summed E-state index contributed by atoms with van der Waals surface area (Å²) in [5.41, 5.74) is 2.43. The van der Waals surface area contributed by atoms with Crippen molar-refractivity contribution in [1.29, 1.82) is 0 Å². The summed E-state index contributed by atoms with van der Waals surface area (Å²) in [6.07, 6.45) is 2.50. The summed E-state index contributed by atoms with van der Waals surface area (Å²) in [5.74, 6) is 0.667. The standard InChI is InChI=1S/C14H23N3/c1-12-4-3-5-14(16-12)13-6-9-17(10-7-13)11-8-15-2/h3-5,13,15H,6-11H2,1-2H3. The number of aryl methyl sites for hydroxylation is 1. The van der Waals surface area contributed by atoms with Crippen LogP contribution in [-0.4, -0.2) is 43.1 Å². The van der Waals surface area contributed by atoms with Gasteiger partial charge in [-0.1, -0.05) is 6.07 Å². The van der Waals surface area contributed by atoms with Gasteiger partial charge in [-0.25, -0.2) is 0 Å². The lowest BCUT2D eigenvalue weighted by Crippen LogP contribution is -2.37. The second-order valence-electron chi connectivity index (χ2n) is 4.92. The molecule has 0 radical (unpaired) electrons. The fourth-order valence-electron chi connectivity index (χ4n) is 2.51. The molecule has 1 aromatic heterocycles. The molecular weight excluding hydrogens is 210 g/mol. The van der Waals surface area contributed by atoms with Crippen LogP contribution < -0.4 is 5.32 Å². The molecule has 0 spiro atoms. The lowest BCUT2D eigenvalue weighted by molar-refractivity contribution is 0.212. The second kappa shape index (κ2) is 6.12. The van der Waals surface area contributed by atoms with Crippen LogP contribution in [0.3, 0.4) is 0 Å². The van der Waals surface area contributed by atoms with E-state index in [0.717, 1.165) is 12.2 Å². The molecule has 0 amide bonds. The molecule has 1 N–H and O–H groups in total. The van der Waals surface area contributed by atoms with Gasteiger partial charge in [-0.2, -0.15) is 0 Å². The van der Waals surface area contributed by atoms with Gasteiger partial charge in [-0.15, -0.1) is 0 Å². The molecular formula is C14H23N3. The number of likely N-dealkylation sites (tertiary alicyclic amines) is 1. The third kappa shape index (κ3) is 3.51. The predicted octanol–water partition coefficient (Wildman–Crippen LogP) is 1.79. The zero-order valence-corrected chi connectivity index (χ0v) is 10.9. The maximum absolute atomic E-state index is 4.65. The van der Waals surface area contributed by atoms with E-state index in [1.807, 2.05) is 7.05 Å². The van der Waals surface area contributed by atoms with Crippen LogP contribution in [0.5, 0.6) is 0 Å². The molecule has 3 nitrogen and oxygen atoms in total. The summed E-state index contributed by atoms with van der Waals surface area (Å²) >= 11 is 0. The number of nitrogens with one attached hydrogen (secondary N) is 1. The van der Waals surface area contributed by atoms with Crippen molar-refractivity contribution >= 4 is 0 Å². The van der Waals surface area contributed by atoms with E-state index in [4.69, 9.17) is 0 Å². The van der Waals surface area contributed by atoms with E-state index < -0.39 is 0 Å². The van der Waals surface area contributed by atoms with Crippen molar-refractivity contribution in [2.45, 2.75) is 25.7 Å². The van der Waals surface area contributed by atoms with Gasteiger partial charge in [-0.3, -0.25) is 4.98 Å². The molecule has 1 aliphatic heterocycles. The summed E-state index contributed by atoms with van der Waals surface area (Å²) < 4.78 is 0. The van der Waals surface area contributed by atoms with Crippen molar-refractivity contribution in [2.24, 2.45) is 0 Å². The van der Waals surface area contributed by atoms with Gasteiger partial charge >= 0.3 is 0 Å². The molecule has 0 saturated carbocycles. The minimum absolute atomic E-state index is 0.667. The third-order valence-corrected chi connectivity index (χ3v) is 3.59. The number of hydrogen-bond donors (Lipinski definition) is 1. The number of rotatable bonds is 4. The monoisotopic (exact) mass is 233 g/mol. The second-order valence-corrected chi connectivity index (χ2v) is 4.92. The number of aromatic nitrogens is 1. The Hall–Kier alpha value is -0.930. The van der Waals surface area contributed by atoms with Crippen molar-refractivity contribution in [2.75, 3.05) is 33.2 Å². The maximum Gasteiger partial charge on any atom is 0.0438 e. The van der Waals surface area contributed by atoms with Crippen LogP contribution in [0, 0.1) is 6.92 Å². The third-order valence-electron chi connectivity index (χ3n) is 3.59. The molecule has 1 aromatic rings. The minimum atomic E-state index is 0.667. The van der Waals surface area contributed by atoms with Crippen molar-refractivity contribution < 1.29 is 0 Å². The Morgan fingerprint density at radius 3 is 2.76 bits per heavy atom. The summed E-state index contributed by atoms with van der Waals surface area (Å²) in [6, 6.07) is 6.39. The van der Waals surface area contributed by atoms with E-state index in [9.17, 15) is 0 Å². The molecule has 2 rings (SSSR count). The van der Waals surface area contributed by atoms with E-state index in [1.165, 1.54) is 38.2 Å². The van der Waals surface area contributed by atoms with Crippen LogP contribution in [0.25, 0.3) is 0 Å². The van der Waals surface area contributed by atoms with E-state index >= 15 is 0 Å². The average Bonchev–Trinajstić information content (AvgIpc) is 2.37. The van der Waals surface area contributed by atoms with Crippen LogP contribution in [-0.2, 0) is 0 Å². The largest absolute Gasteiger partial charge is 0.318 e. The number of piperidine rings is 1. The van der Waals surface area contributed by atoms with Gasteiger partial charge in [0.2, 0.25) is 0 Å². The molecule has 0 atom stereocenters. The lowest BCUT2D eigenvalue weighted by Gasteiger charge is -2.31. The molecule has 1 fully saturated rings. The average molecular weight is 233 g/mol. The first kappa shape index (κ1) is 12.5. The van der Waals surface area contributed by atoms with E-state index in [1.54, 1.807) is 0 Å². The van der Waals surface area contributed by atoms with Crippen LogP contribution in [0.2, 0.25) is 0 Å². The number of hydrogen-bond acceptors (Lipinski definition) is 3. The number of nitrogens with zero attached hydrogens (tertiary/aromatic N) is 2. The highest BCUT2D eigenvalue weighted by molar-refractivity contribution is 5.14. The van der Waals surface area contributed by atoms with Crippen molar-refractivity contribution in [3.63, 3.8) is 0 Å². The molecule has 94 valence electrons. The van der Waals surface area contributed by atoms with Crippen LogP contribution in [0.1, 0.15) is 30.1 Å². The van der Waals surface area contributed by atoms with Crippen LogP contribution in [0.15, 0.2) is 18.2 Å². The number of pyridine rings is 1. The van der Waals surface area contributed by atoms with Gasteiger partial charge in [0.1, 0.15) is 0 Å². The van der Waals surface area contributed by atoms with E-state index in [0.29, 0.717) is 5.92 Å². The highest BCUT2D eigenvalue weighted by Gasteiger charge is 2.20. The topological polar surface area (TPSA) is 28.2 Å². The van der Waals surface area contributed by atoms with Gasteiger partial charge < -0.3 is 10.2 Å². The Labute approximate surface area is 104 Å². The molecule has 0 aliphatic carbocycles. The molecule has 1 saturated heterocycles. The fraction of sp³-hybridized carbons (Fsp3) is 0.643. The van der Waals surface area contributed by atoms with E-state index in [-0.39, 0.29) is 0 Å². The van der Waals surface area contributed by atoms with Crippen molar-refractivity contribution in [1.82, 2.24) is 15.2 Å². The summed E-state index contributed by atoms with van der Waals surface area (Å²) in [6.45, 7) is 6.76. The Kier molecular flexibility index (Phi) is 4.51. The Morgan fingerprint density at radius 2 is 2.12 bits per heavy atom. The molecule has 0 bridgehead atoms. The van der Waals surface area contributed by atoms with Gasteiger partial charge in [0.25, 0.3) is 0 Å². The lowest BCUT2D eigenvalue weighted by atomic mass is 9.93. The molecule has 0 unspecified atom stereocenters. The first-order valence-electron chi connectivity index (χ1n) is 6.60. The highest BCUT2D eigenvalue weighted by atomic mass is 15.1. The zero-order chi connectivity index (χ0) is 12.1. The minimum Gasteiger partial charge on any atom is -0.318 e. The Bertz CT molecular complexity index is 343. The molecule has 0 aromatic carbocycles. The summed E-state index contributed by atoms with van der Waals surface area (Å²) in [5, 5.41) is 3.21. The normalized spacial score (nSPS) is 18.5. The van der Waals surface area contributed by atoms with Gasteiger partial charge in [0, 0.05) is 30.4 Å². The van der Waals surface area contributed by atoms with Gasteiger partial charge in [0.15, 0.2) is 0 Å². The predicted molar refractivity (Wildman–Crippen MR) is 71.3 cm³/mol. The smallest absolute Gasteiger partial charge is 0.0438 e. The zero-order valence-electron chi connectivity index (χ0n) is 10.9. The van der Waals surface area contributed by atoms with Crippen LogP contribution >= 0.6 is 0 Å². The Morgan fingerprint density at radius 1 is 1.35 bits per heavy atom. The maximum atomic E-state index is 4.65. The number of likely N-dealkylation sites (N-methyl/N-ethyl adjacent to an activating group) is 1. The molecule has 3 heteroatoms. The van der Waals surface area contributed by atoms with Gasteiger partial charge in [-0.05, 0) is 52.0 Å². The Balaban J connectivity index is 1.86. The first-order valence-corrected chi connectivity index (χ1v) is 6.60. The summed E-state index contributed by atoms with van der Waals surface area (Å²) in [7, 11) is 2.02. The van der Waals surface area contributed by atoms with E-state index in [2.05, 4.69) is 40.3 Å². The molecule has 1 aliphatic rings. The molecule has 2 heterocycles. The quantitative estimate of drug-likeness (QED) is 0.859. The van der Waals surface area contributed by atoms with Crippen molar-refractivity contribution in [3.05, 3.63) is 29.6 Å². The SMILES string of the molecule is CNCCN1CCC(c2cccc(C)n2)CC1. The first-order chi connectivity index (χ1) is 8.29. The van der Waals surface area contributed by atoms with Gasteiger partial charge in [0.05, 0.1) is 0 Å². The van der Waals surface area contributed by atoms with Crippen molar-refractivity contribution in [3.8, 4) is 0 Å². The summed E-state index contributed by atoms with van der Waals surface area (Å²) in [4.78, 5) is 7.20. The fourth-order valence-corrected chi connectivity index (χ4v) is 2.51.